The summed E-state index contributed by atoms with van der Waals surface area (Å²) in [5.74, 6) is -0.823. The van der Waals surface area contributed by atoms with Crippen molar-refractivity contribution in [3.05, 3.63) is 64.7 Å². The van der Waals surface area contributed by atoms with Gasteiger partial charge in [-0.2, -0.15) is 0 Å². The number of amides is 2. The molecule has 32 heavy (non-hydrogen) atoms. The number of hydrogen-bond donors (Lipinski definition) is 1. The molecule has 0 aliphatic heterocycles. The summed E-state index contributed by atoms with van der Waals surface area (Å²) in [7, 11) is -2.24. The van der Waals surface area contributed by atoms with E-state index < -0.39 is 28.5 Å². The highest BCUT2D eigenvalue weighted by atomic mass is 35.5. The third kappa shape index (κ3) is 6.46. The Balaban J connectivity index is 2.42. The van der Waals surface area contributed by atoms with Crippen molar-refractivity contribution in [2.75, 3.05) is 24.2 Å². The molecule has 174 valence electrons. The van der Waals surface area contributed by atoms with Gasteiger partial charge in [-0.15, -0.1) is 0 Å². The Hall–Kier alpha value is -2.58. The van der Waals surface area contributed by atoms with Crippen LogP contribution in [0, 0.1) is 0 Å². The zero-order chi connectivity index (χ0) is 23.9. The van der Waals surface area contributed by atoms with E-state index in [2.05, 4.69) is 5.32 Å². The standard InChI is InChI=1S/C23H30ClN3O4S/c1-5-17-11-13-19(14-12-17)27(32(4,30)31)16-22(28)26(21(6-2)23(29)25-3)15-18-9-7-8-10-20(18)24/h7-14,21H,5-6,15-16H2,1-4H3,(H,25,29). The summed E-state index contributed by atoms with van der Waals surface area (Å²) in [6, 6.07) is 13.3. The molecule has 0 bridgehead atoms. The van der Waals surface area contributed by atoms with Gasteiger partial charge in [0, 0.05) is 18.6 Å². The van der Waals surface area contributed by atoms with Crippen LogP contribution in [0.2, 0.25) is 5.02 Å². The van der Waals surface area contributed by atoms with Gasteiger partial charge in [0.05, 0.1) is 11.9 Å². The number of nitrogens with zero attached hydrogens (tertiary/aromatic N) is 2. The molecule has 2 amide bonds. The molecular weight excluding hydrogens is 450 g/mol. The highest BCUT2D eigenvalue weighted by molar-refractivity contribution is 7.92. The zero-order valence-electron chi connectivity index (χ0n) is 18.8. The summed E-state index contributed by atoms with van der Waals surface area (Å²) in [5.41, 5.74) is 2.12. The number of hydrogen-bond acceptors (Lipinski definition) is 4. The van der Waals surface area contributed by atoms with Crippen molar-refractivity contribution in [2.24, 2.45) is 0 Å². The van der Waals surface area contributed by atoms with Gasteiger partial charge in [-0.25, -0.2) is 8.42 Å². The van der Waals surface area contributed by atoms with Crippen LogP contribution in [0.4, 0.5) is 5.69 Å². The summed E-state index contributed by atoms with van der Waals surface area (Å²) < 4.78 is 26.1. The second kappa shape index (κ2) is 11.3. The van der Waals surface area contributed by atoms with Crippen LogP contribution in [0.1, 0.15) is 31.4 Å². The number of anilines is 1. The second-order valence-corrected chi connectivity index (χ2v) is 9.75. The molecule has 0 saturated carbocycles. The first-order valence-electron chi connectivity index (χ1n) is 10.4. The van der Waals surface area contributed by atoms with Gasteiger partial charge in [-0.1, -0.05) is 55.8 Å². The van der Waals surface area contributed by atoms with Gasteiger partial charge >= 0.3 is 0 Å². The maximum atomic E-state index is 13.4. The largest absolute Gasteiger partial charge is 0.357 e. The van der Waals surface area contributed by atoms with Crippen molar-refractivity contribution < 1.29 is 18.0 Å². The number of carbonyl (C=O) groups is 2. The van der Waals surface area contributed by atoms with E-state index in [1.54, 1.807) is 43.3 Å². The van der Waals surface area contributed by atoms with Crippen LogP contribution >= 0.6 is 11.6 Å². The fourth-order valence-corrected chi connectivity index (χ4v) is 4.45. The first-order chi connectivity index (χ1) is 15.1. The molecule has 0 aliphatic rings. The normalized spacial score (nSPS) is 12.2. The highest BCUT2D eigenvalue weighted by Gasteiger charge is 2.31. The maximum absolute atomic E-state index is 13.4. The lowest BCUT2D eigenvalue weighted by atomic mass is 10.1. The molecule has 0 saturated heterocycles. The Morgan fingerprint density at radius 3 is 2.19 bits per heavy atom. The molecule has 0 fully saturated rings. The second-order valence-electron chi connectivity index (χ2n) is 7.44. The van der Waals surface area contributed by atoms with Crippen molar-refractivity contribution in [1.29, 1.82) is 0 Å². The van der Waals surface area contributed by atoms with E-state index in [9.17, 15) is 18.0 Å². The van der Waals surface area contributed by atoms with E-state index in [1.165, 1.54) is 11.9 Å². The van der Waals surface area contributed by atoms with Crippen molar-refractivity contribution in [1.82, 2.24) is 10.2 Å². The number of nitrogens with one attached hydrogen (secondary N) is 1. The van der Waals surface area contributed by atoms with Crippen LogP contribution in [0.15, 0.2) is 48.5 Å². The Labute approximate surface area is 195 Å². The monoisotopic (exact) mass is 479 g/mol. The van der Waals surface area contributed by atoms with Gasteiger partial charge in [-0.05, 0) is 42.2 Å². The van der Waals surface area contributed by atoms with E-state index in [-0.39, 0.29) is 12.5 Å². The lowest BCUT2D eigenvalue weighted by Gasteiger charge is -2.32. The minimum atomic E-state index is -3.75. The minimum absolute atomic E-state index is 0.0802. The minimum Gasteiger partial charge on any atom is -0.357 e. The SMILES string of the molecule is CCc1ccc(N(CC(=O)N(Cc2ccccc2Cl)C(CC)C(=O)NC)S(C)(=O)=O)cc1. The van der Waals surface area contributed by atoms with Crippen LogP contribution in [0.25, 0.3) is 0 Å². The van der Waals surface area contributed by atoms with Gasteiger partial charge < -0.3 is 10.2 Å². The summed E-state index contributed by atoms with van der Waals surface area (Å²) in [4.78, 5) is 27.3. The highest BCUT2D eigenvalue weighted by Crippen LogP contribution is 2.22. The fraction of sp³-hybridized carbons (Fsp3) is 0.391. The quantitative estimate of drug-likeness (QED) is 0.566. The average molecular weight is 480 g/mol. The number of sulfonamides is 1. The van der Waals surface area contributed by atoms with Crippen molar-refractivity contribution in [3.8, 4) is 0 Å². The predicted molar refractivity (Wildman–Crippen MR) is 128 cm³/mol. The molecule has 0 heterocycles. The lowest BCUT2D eigenvalue weighted by molar-refractivity contribution is -0.140. The molecule has 1 N–H and O–H groups in total. The molecule has 0 aromatic heterocycles. The topological polar surface area (TPSA) is 86.8 Å². The van der Waals surface area contributed by atoms with Crippen LogP contribution in [-0.2, 0) is 32.6 Å². The van der Waals surface area contributed by atoms with Gasteiger partial charge in [0.15, 0.2) is 0 Å². The van der Waals surface area contributed by atoms with Gasteiger partial charge in [0.1, 0.15) is 12.6 Å². The molecule has 7 nitrogen and oxygen atoms in total. The molecule has 2 rings (SSSR count). The molecule has 0 radical (unpaired) electrons. The van der Waals surface area contributed by atoms with Gasteiger partial charge in [0.2, 0.25) is 21.8 Å². The number of aryl methyl sites for hydroxylation is 1. The summed E-state index contributed by atoms with van der Waals surface area (Å²) in [6.45, 7) is 3.45. The van der Waals surface area contributed by atoms with Crippen molar-refractivity contribution >= 4 is 39.1 Å². The Kier molecular flexibility index (Phi) is 9.09. The van der Waals surface area contributed by atoms with E-state index in [1.807, 2.05) is 19.1 Å². The van der Waals surface area contributed by atoms with Gasteiger partial charge in [-0.3, -0.25) is 13.9 Å². The van der Waals surface area contributed by atoms with Crippen molar-refractivity contribution in [3.63, 3.8) is 0 Å². The zero-order valence-corrected chi connectivity index (χ0v) is 20.4. The van der Waals surface area contributed by atoms with E-state index in [4.69, 9.17) is 11.6 Å². The number of rotatable bonds is 10. The van der Waals surface area contributed by atoms with E-state index >= 15 is 0 Å². The van der Waals surface area contributed by atoms with Gasteiger partial charge in [0.25, 0.3) is 0 Å². The third-order valence-corrected chi connectivity index (χ3v) is 6.75. The molecule has 1 unspecified atom stereocenters. The molecule has 2 aromatic carbocycles. The predicted octanol–water partition coefficient (Wildman–Crippen LogP) is 3.22. The van der Waals surface area contributed by atoms with Crippen LogP contribution in [0.5, 0.6) is 0 Å². The molecular formula is C23H30ClN3O4S. The number of halogens is 1. The molecule has 1 atom stereocenters. The average Bonchev–Trinajstić information content (AvgIpc) is 2.77. The number of benzene rings is 2. The third-order valence-electron chi connectivity index (χ3n) is 5.24. The van der Waals surface area contributed by atoms with Crippen LogP contribution in [-0.4, -0.2) is 51.0 Å². The molecule has 9 heteroatoms. The van der Waals surface area contributed by atoms with Crippen LogP contribution in [0.3, 0.4) is 0 Å². The first kappa shape index (κ1) is 25.7. The number of likely N-dealkylation sites (N-methyl/N-ethyl adjacent to an activating group) is 1. The molecule has 0 spiro atoms. The van der Waals surface area contributed by atoms with E-state index in [0.29, 0.717) is 22.7 Å². The molecule has 2 aromatic rings. The maximum Gasteiger partial charge on any atom is 0.244 e. The molecule has 0 aliphatic carbocycles. The van der Waals surface area contributed by atoms with Crippen molar-refractivity contribution in [2.45, 2.75) is 39.3 Å². The summed E-state index contributed by atoms with van der Waals surface area (Å²) in [5, 5.41) is 3.05. The Bertz CT molecular complexity index is 1040. The van der Waals surface area contributed by atoms with Crippen LogP contribution < -0.4 is 9.62 Å². The Morgan fingerprint density at radius 2 is 1.69 bits per heavy atom. The number of carbonyl (C=O) groups excluding carboxylic acids is 2. The van der Waals surface area contributed by atoms with E-state index in [0.717, 1.165) is 22.5 Å². The smallest absolute Gasteiger partial charge is 0.244 e. The Morgan fingerprint density at radius 1 is 1.06 bits per heavy atom. The summed E-state index contributed by atoms with van der Waals surface area (Å²) >= 11 is 6.29. The fourth-order valence-electron chi connectivity index (χ4n) is 3.41. The first-order valence-corrected chi connectivity index (χ1v) is 12.7. The summed E-state index contributed by atoms with van der Waals surface area (Å²) in [6.07, 6.45) is 2.23. The lowest BCUT2D eigenvalue weighted by Crippen LogP contribution is -2.51.